The Balaban J connectivity index is 0.000000228. The molecule has 0 bridgehead atoms. The van der Waals surface area contributed by atoms with E-state index in [-0.39, 0.29) is 82.9 Å². The molecule has 4 aromatic rings. The number of rotatable bonds is 14. The molecule has 6 rings (SSSR count). The molecule has 0 atom stereocenters. The van der Waals surface area contributed by atoms with Gasteiger partial charge in [0.25, 0.3) is 23.6 Å². The molecule has 0 spiro atoms. The number of ether oxygens (including phenoxy) is 2. The maximum Gasteiger partial charge on any atom is 0.311 e. The zero-order valence-corrected chi connectivity index (χ0v) is 35.2. The van der Waals surface area contributed by atoms with Crippen molar-refractivity contribution in [3.8, 4) is 11.5 Å². The molecule has 1 N–H and O–H groups in total. The fourth-order valence-electron chi connectivity index (χ4n) is 7.34. The maximum absolute atomic E-state index is 13.3. The molecule has 15 nitrogen and oxygen atoms in total. The zero-order valence-electron chi connectivity index (χ0n) is 35.2. The van der Waals surface area contributed by atoms with E-state index >= 15 is 0 Å². The van der Waals surface area contributed by atoms with Gasteiger partial charge in [0.05, 0.1) is 56.7 Å². The smallest absolute Gasteiger partial charge is 0.311 e. The SMILES string of the molecule is CC(C)c1cccc(C(C)C)c1N1C(=O)c2cc(OCCO)c([N+](=O)[O-])cc2C1=O.CCCOc1cc2c(cc1[N+](=O)[O-])C(=O)N(c1c(C(C)C)cccc1C(C)C)C2=O. The summed E-state index contributed by atoms with van der Waals surface area (Å²) in [6, 6.07) is 16.2. The van der Waals surface area contributed by atoms with Crippen LogP contribution < -0.4 is 19.3 Å². The molecule has 60 heavy (non-hydrogen) atoms. The van der Waals surface area contributed by atoms with E-state index in [0.29, 0.717) is 17.8 Å². The van der Waals surface area contributed by atoms with E-state index in [1.165, 1.54) is 17.0 Å². The molecule has 0 unspecified atom stereocenters. The molecule has 2 aliphatic heterocycles. The predicted octanol–water partition coefficient (Wildman–Crippen LogP) is 9.44. The van der Waals surface area contributed by atoms with E-state index in [4.69, 9.17) is 14.6 Å². The van der Waals surface area contributed by atoms with Crippen LogP contribution in [0.3, 0.4) is 0 Å². The Morgan fingerprint density at radius 3 is 1.12 bits per heavy atom. The first kappa shape index (κ1) is 44.6. The zero-order chi connectivity index (χ0) is 44.3. The Morgan fingerprint density at radius 2 is 0.850 bits per heavy atom. The lowest BCUT2D eigenvalue weighted by Crippen LogP contribution is -2.31. The van der Waals surface area contributed by atoms with Crippen molar-refractivity contribution in [2.24, 2.45) is 0 Å². The van der Waals surface area contributed by atoms with E-state index < -0.39 is 39.2 Å². The summed E-state index contributed by atoms with van der Waals surface area (Å²) < 4.78 is 10.7. The molecule has 2 aliphatic rings. The van der Waals surface area contributed by atoms with Crippen LogP contribution in [0.25, 0.3) is 0 Å². The lowest BCUT2D eigenvalue weighted by atomic mass is 9.92. The Kier molecular flexibility index (Phi) is 13.5. The van der Waals surface area contributed by atoms with Crippen molar-refractivity contribution in [2.75, 3.05) is 29.6 Å². The number of carbonyl (C=O) groups is 4. The first-order chi connectivity index (χ1) is 28.4. The number of para-hydroxylation sites is 2. The number of carbonyl (C=O) groups excluding carboxylic acids is 4. The third kappa shape index (κ3) is 8.35. The van der Waals surface area contributed by atoms with Gasteiger partial charge in [-0.2, -0.15) is 0 Å². The normalized spacial score (nSPS) is 13.4. The van der Waals surface area contributed by atoms with Crippen molar-refractivity contribution < 1.29 is 43.6 Å². The van der Waals surface area contributed by atoms with Gasteiger partial charge in [-0.3, -0.25) is 39.4 Å². The van der Waals surface area contributed by atoms with Crippen LogP contribution in [0.5, 0.6) is 11.5 Å². The van der Waals surface area contributed by atoms with E-state index in [9.17, 15) is 39.4 Å². The maximum atomic E-state index is 13.3. The molecule has 316 valence electrons. The van der Waals surface area contributed by atoms with Crippen molar-refractivity contribution in [3.63, 3.8) is 0 Å². The minimum Gasteiger partial charge on any atom is -0.487 e. The van der Waals surface area contributed by atoms with E-state index in [1.807, 2.05) is 98.7 Å². The topological polar surface area (TPSA) is 200 Å². The highest BCUT2D eigenvalue weighted by Crippen LogP contribution is 2.44. The van der Waals surface area contributed by atoms with Crippen LogP contribution in [0.15, 0.2) is 60.7 Å². The summed E-state index contributed by atoms with van der Waals surface area (Å²) in [5, 5.41) is 32.0. The summed E-state index contributed by atoms with van der Waals surface area (Å²) in [6.45, 7) is 17.6. The van der Waals surface area contributed by atoms with Gasteiger partial charge in [0.15, 0.2) is 11.5 Å². The Hall–Kier alpha value is -6.48. The van der Waals surface area contributed by atoms with Gasteiger partial charge >= 0.3 is 11.4 Å². The molecular weight excluding hydrogens is 773 g/mol. The summed E-state index contributed by atoms with van der Waals surface area (Å²) >= 11 is 0. The van der Waals surface area contributed by atoms with Crippen molar-refractivity contribution in [2.45, 2.75) is 92.4 Å². The van der Waals surface area contributed by atoms with Crippen LogP contribution in [0, 0.1) is 20.2 Å². The van der Waals surface area contributed by atoms with Crippen molar-refractivity contribution in [1.82, 2.24) is 0 Å². The van der Waals surface area contributed by atoms with Crippen LogP contribution in [-0.4, -0.2) is 58.4 Å². The molecule has 4 amide bonds. The second-order valence-electron chi connectivity index (χ2n) is 15.7. The van der Waals surface area contributed by atoms with E-state index in [1.54, 1.807) is 0 Å². The highest BCUT2D eigenvalue weighted by atomic mass is 16.6. The Morgan fingerprint density at radius 1 is 0.550 bits per heavy atom. The number of anilines is 2. The Labute approximate surface area is 348 Å². The largest absolute Gasteiger partial charge is 0.487 e. The first-order valence-electron chi connectivity index (χ1n) is 19.9. The lowest BCUT2D eigenvalue weighted by Gasteiger charge is -2.25. The van der Waals surface area contributed by atoms with Crippen LogP contribution >= 0.6 is 0 Å². The molecular formula is C45H50N4O11. The van der Waals surface area contributed by atoms with Crippen molar-refractivity contribution in [1.29, 1.82) is 0 Å². The molecule has 0 fully saturated rings. The van der Waals surface area contributed by atoms with Gasteiger partial charge < -0.3 is 14.6 Å². The summed E-state index contributed by atoms with van der Waals surface area (Å²) in [5.41, 5.74) is 4.01. The van der Waals surface area contributed by atoms with Crippen molar-refractivity contribution in [3.05, 3.63) is 125 Å². The third-order valence-corrected chi connectivity index (χ3v) is 10.3. The van der Waals surface area contributed by atoms with Crippen LogP contribution in [-0.2, 0) is 0 Å². The van der Waals surface area contributed by atoms with Gasteiger partial charge in [0, 0.05) is 24.3 Å². The third-order valence-electron chi connectivity index (χ3n) is 10.3. The van der Waals surface area contributed by atoms with Gasteiger partial charge in [0.2, 0.25) is 0 Å². The number of hydrogen-bond acceptors (Lipinski definition) is 11. The molecule has 2 heterocycles. The number of hydrogen-bond donors (Lipinski definition) is 1. The average molecular weight is 823 g/mol. The van der Waals surface area contributed by atoms with E-state index in [2.05, 4.69) is 0 Å². The minimum absolute atomic E-state index is 0.00447. The molecule has 0 radical (unpaired) electrons. The molecule has 0 aromatic heterocycles. The quantitative estimate of drug-likeness (QED) is 0.0721. The summed E-state index contributed by atoms with van der Waals surface area (Å²) in [5.74, 6) is -2.04. The second kappa shape index (κ2) is 18.2. The number of benzene rings is 4. The van der Waals surface area contributed by atoms with Crippen LogP contribution in [0.1, 0.15) is 156 Å². The number of aliphatic hydroxyl groups is 1. The standard InChI is InChI=1S/C23H26N2O5.C22H24N2O6/c1-6-10-30-20-12-18-17(11-19(20)25(28)29)22(26)24(23(18)27)21-15(13(2)3)8-7-9-16(21)14(4)5;1-12(2)14-6-5-7-15(13(3)4)20(14)23-21(26)16-10-18(24(28)29)19(30-9-8-25)11-17(16)22(23)27/h7-9,11-14H,6,10H2,1-5H3;5-7,10-13,25H,8-9H2,1-4H3. The van der Waals surface area contributed by atoms with Crippen molar-refractivity contribution >= 4 is 46.4 Å². The summed E-state index contributed by atoms with van der Waals surface area (Å²) in [6.07, 6.45) is 0.659. The summed E-state index contributed by atoms with van der Waals surface area (Å²) in [7, 11) is 0. The monoisotopic (exact) mass is 822 g/mol. The van der Waals surface area contributed by atoms with Gasteiger partial charge in [-0.15, -0.1) is 0 Å². The number of aliphatic hydroxyl groups excluding tert-OH is 1. The van der Waals surface area contributed by atoms with Gasteiger partial charge in [0.1, 0.15) is 6.61 Å². The average Bonchev–Trinajstić information content (AvgIpc) is 3.59. The van der Waals surface area contributed by atoms with Gasteiger partial charge in [-0.25, -0.2) is 9.80 Å². The number of nitro groups is 2. The molecule has 4 aromatic carbocycles. The second-order valence-corrected chi connectivity index (χ2v) is 15.7. The fourth-order valence-corrected chi connectivity index (χ4v) is 7.34. The number of nitro benzene ring substituents is 2. The highest BCUT2D eigenvalue weighted by molar-refractivity contribution is 6.36. The number of nitrogens with zero attached hydrogens (tertiary/aromatic N) is 4. The number of fused-ring (bicyclic) bond motifs is 2. The predicted molar refractivity (Wildman–Crippen MR) is 226 cm³/mol. The van der Waals surface area contributed by atoms with E-state index in [0.717, 1.165) is 39.3 Å². The highest BCUT2D eigenvalue weighted by Gasteiger charge is 2.43. The van der Waals surface area contributed by atoms with Crippen LogP contribution in [0.2, 0.25) is 0 Å². The number of amides is 4. The molecule has 0 saturated heterocycles. The molecule has 15 heteroatoms. The lowest BCUT2D eigenvalue weighted by molar-refractivity contribution is -0.386. The first-order valence-corrected chi connectivity index (χ1v) is 19.9. The summed E-state index contributed by atoms with van der Waals surface area (Å²) in [4.78, 5) is 77.2. The van der Waals surface area contributed by atoms with Crippen LogP contribution in [0.4, 0.5) is 22.7 Å². The molecule has 0 saturated carbocycles. The fraction of sp³-hybridized carbons (Fsp3) is 0.378. The number of imide groups is 2. The minimum atomic E-state index is -0.672. The molecule has 0 aliphatic carbocycles. The van der Waals surface area contributed by atoms with Gasteiger partial charge in [-0.1, -0.05) is 98.7 Å². The Bertz CT molecular complexity index is 2170. The van der Waals surface area contributed by atoms with Gasteiger partial charge in [-0.05, 0) is 52.3 Å².